The highest BCUT2D eigenvalue weighted by molar-refractivity contribution is 9.11. The summed E-state index contributed by atoms with van der Waals surface area (Å²) in [6, 6.07) is 2.13. The van der Waals surface area contributed by atoms with Gasteiger partial charge in [0.2, 0.25) is 0 Å². The van der Waals surface area contributed by atoms with Crippen LogP contribution < -0.4 is 5.73 Å². The van der Waals surface area contributed by atoms with Crippen molar-refractivity contribution in [3.63, 3.8) is 0 Å². The highest BCUT2D eigenvalue weighted by atomic mass is 79.9. The molecule has 21 heavy (non-hydrogen) atoms. The van der Waals surface area contributed by atoms with E-state index in [1.165, 1.54) is 0 Å². The summed E-state index contributed by atoms with van der Waals surface area (Å²) < 4.78 is 1.94. The Morgan fingerprint density at radius 2 is 2.10 bits per heavy atom. The van der Waals surface area contributed by atoms with Crippen molar-refractivity contribution >= 4 is 37.8 Å². The fourth-order valence-electron chi connectivity index (χ4n) is 2.49. The van der Waals surface area contributed by atoms with Gasteiger partial charge in [0, 0.05) is 28.2 Å². The molecule has 0 aliphatic carbocycles. The lowest BCUT2D eigenvalue weighted by Gasteiger charge is -2.29. The molecule has 1 atom stereocenters. The van der Waals surface area contributed by atoms with E-state index in [2.05, 4.69) is 65.5 Å². The number of rotatable bonds is 6. The van der Waals surface area contributed by atoms with E-state index in [4.69, 9.17) is 5.73 Å². The van der Waals surface area contributed by atoms with Crippen LogP contribution in [0.4, 0.5) is 0 Å². The lowest BCUT2D eigenvalue weighted by molar-refractivity contribution is 0.246. The van der Waals surface area contributed by atoms with Gasteiger partial charge in [-0.15, -0.1) is 0 Å². The molecule has 1 aliphatic heterocycles. The van der Waals surface area contributed by atoms with E-state index in [0.717, 1.165) is 40.8 Å². The van der Waals surface area contributed by atoms with Crippen LogP contribution in [-0.2, 0) is 0 Å². The maximum atomic E-state index is 6.06. The minimum absolute atomic E-state index is 0.114. The molecule has 2 rings (SSSR count). The molecule has 1 aromatic rings. The Balaban J connectivity index is 2.12. The van der Waals surface area contributed by atoms with Crippen molar-refractivity contribution in [1.82, 2.24) is 14.8 Å². The summed E-state index contributed by atoms with van der Waals surface area (Å²) in [4.78, 5) is 13.5. The van der Waals surface area contributed by atoms with Gasteiger partial charge in [-0.2, -0.15) is 0 Å². The number of hydrogen-bond donors (Lipinski definition) is 1. The second-order valence-electron chi connectivity index (χ2n) is 4.96. The lowest BCUT2D eigenvalue weighted by Crippen LogP contribution is -2.42. The summed E-state index contributed by atoms with van der Waals surface area (Å²) in [5.74, 6) is 0.615. The van der Waals surface area contributed by atoms with Gasteiger partial charge in [-0.3, -0.25) is 9.98 Å². The van der Waals surface area contributed by atoms with Crippen LogP contribution in [0, 0.1) is 0 Å². The van der Waals surface area contributed by atoms with Gasteiger partial charge in [0.05, 0.1) is 18.3 Å². The Hall–Kier alpha value is -0.660. The number of halogens is 2. The van der Waals surface area contributed by atoms with Crippen molar-refractivity contribution in [2.45, 2.75) is 19.9 Å². The normalized spacial score (nSPS) is 18.4. The summed E-state index contributed by atoms with van der Waals surface area (Å²) in [7, 11) is 0. The fourth-order valence-corrected chi connectivity index (χ4v) is 3.74. The average molecular weight is 419 g/mol. The van der Waals surface area contributed by atoms with Crippen molar-refractivity contribution in [2.75, 3.05) is 32.7 Å². The van der Waals surface area contributed by atoms with Crippen LogP contribution in [-0.4, -0.2) is 53.5 Å². The smallest absolute Gasteiger partial charge is 0.192 e. The second-order valence-corrected chi connectivity index (χ2v) is 6.73. The number of guanidine groups is 1. The first kappa shape index (κ1) is 16.7. The highest BCUT2D eigenvalue weighted by Gasteiger charge is 2.30. The standard InChI is InChI=1S/C14H21Br2N5/c1-3-20(4-2)5-6-21-12(9-19-14(21)17)13-11(16)7-10(15)8-18-13/h7-8,12H,3-6,9H2,1-2H3,(H2,17,19). The number of nitrogens with zero attached hydrogens (tertiary/aromatic N) is 4. The van der Waals surface area contributed by atoms with Gasteiger partial charge in [0.1, 0.15) is 0 Å². The van der Waals surface area contributed by atoms with Crippen molar-refractivity contribution in [3.8, 4) is 0 Å². The first-order chi connectivity index (χ1) is 10.1. The number of nitrogens with two attached hydrogens (primary N) is 1. The molecule has 7 heteroatoms. The number of hydrogen-bond acceptors (Lipinski definition) is 5. The third-order valence-corrected chi connectivity index (χ3v) is 4.87. The maximum absolute atomic E-state index is 6.06. The van der Waals surface area contributed by atoms with Crippen LogP contribution in [0.1, 0.15) is 25.6 Å². The molecule has 0 saturated heterocycles. The topological polar surface area (TPSA) is 57.8 Å². The Labute approximate surface area is 142 Å². The second kappa shape index (κ2) is 7.56. The van der Waals surface area contributed by atoms with E-state index in [9.17, 15) is 0 Å². The molecular formula is C14H21Br2N5. The van der Waals surface area contributed by atoms with Gasteiger partial charge in [0.25, 0.3) is 0 Å². The molecule has 1 aromatic heterocycles. The largest absolute Gasteiger partial charge is 0.370 e. The zero-order chi connectivity index (χ0) is 15.4. The van der Waals surface area contributed by atoms with Gasteiger partial charge in [0.15, 0.2) is 5.96 Å². The first-order valence-electron chi connectivity index (χ1n) is 7.16. The Bertz CT molecular complexity index is 516. The monoisotopic (exact) mass is 417 g/mol. The molecule has 0 bridgehead atoms. The summed E-state index contributed by atoms with van der Waals surface area (Å²) in [6.07, 6.45) is 1.82. The van der Waals surface area contributed by atoms with Crippen molar-refractivity contribution in [3.05, 3.63) is 26.9 Å². The van der Waals surface area contributed by atoms with Gasteiger partial charge in [-0.25, -0.2) is 0 Å². The molecular weight excluding hydrogens is 398 g/mol. The molecule has 0 spiro atoms. The maximum Gasteiger partial charge on any atom is 0.192 e. The van der Waals surface area contributed by atoms with Crippen LogP contribution in [0.3, 0.4) is 0 Å². The highest BCUT2D eigenvalue weighted by Crippen LogP contribution is 2.30. The summed E-state index contributed by atoms with van der Waals surface area (Å²) in [5.41, 5.74) is 7.05. The number of aliphatic imine (C=N–C) groups is 1. The van der Waals surface area contributed by atoms with Gasteiger partial charge >= 0.3 is 0 Å². The van der Waals surface area contributed by atoms with Crippen molar-refractivity contribution < 1.29 is 0 Å². The van der Waals surface area contributed by atoms with Gasteiger partial charge < -0.3 is 15.5 Å². The number of aromatic nitrogens is 1. The Kier molecular flexibility index (Phi) is 6.01. The van der Waals surface area contributed by atoms with E-state index in [1.807, 2.05) is 12.3 Å². The zero-order valence-corrected chi connectivity index (χ0v) is 15.6. The van der Waals surface area contributed by atoms with Crippen LogP contribution in [0.2, 0.25) is 0 Å². The molecule has 0 radical (unpaired) electrons. The van der Waals surface area contributed by atoms with E-state index >= 15 is 0 Å². The molecule has 116 valence electrons. The molecule has 1 unspecified atom stereocenters. The molecule has 1 aliphatic rings. The first-order valence-corrected chi connectivity index (χ1v) is 8.75. The molecule has 5 nitrogen and oxygen atoms in total. The molecule has 0 aromatic carbocycles. The average Bonchev–Trinajstić information content (AvgIpc) is 2.81. The predicted molar refractivity (Wildman–Crippen MR) is 93.4 cm³/mol. The van der Waals surface area contributed by atoms with Crippen LogP contribution in [0.25, 0.3) is 0 Å². The third-order valence-electron chi connectivity index (χ3n) is 3.80. The van der Waals surface area contributed by atoms with Crippen molar-refractivity contribution in [2.24, 2.45) is 10.7 Å². The fraction of sp³-hybridized carbons (Fsp3) is 0.571. The van der Waals surface area contributed by atoms with Gasteiger partial charge in [-0.1, -0.05) is 13.8 Å². The van der Waals surface area contributed by atoms with E-state index in [-0.39, 0.29) is 6.04 Å². The zero-order valence-electron chi connectivity index (χ0n) is 12.4. The quantitative estimate of drug-likeness (QED) is 0.771. The van der Waals surface area contributed by atoms with Gasteiger partial charge in [-0.05, 0) is 51.0 Å². The number of pyridine rings is 1. The lowest BCUT2D eigenvalue weighted by atomic mass is 10.1. The molecule has 0 amide bonds. The van der Waals surface area contributed by atoms with Crippen LogP contribution in [0.15, 0.2) is 26.2 Å². The molecule has 0 saturated carbocycles. The third kappa shape index (κ3) is 3.96. The summed E-state index contributed by atoms with van der Waals surface area (Å²) in [6.45, 7) is 8.96. The van der Waals surface area contributed by atoms with Crippen LogP contribution in [0.5, 0.6) is 0 Å². The van der Waals surface area contributed by atoms with Crippen LogP contribution >= 0.6 is 31.9 Å². The Morgan fingerprint density at radius 3 is 2.71 bits per heavy atom. The molecule has 0 fully saturated rings. The minimum atomic E-state index is 0.114. The summed E-state index contributed by atoms with van der Waals surface area (Å²) in [5, 5.41) is 0. The van der Waals surface area contributed by atoms with E-state index < -0.39 is 0 Å². The van der Waals surface area contributed by atoms with E-state index in [0.29, 0.717) is 12.5 Å². The van der Waals surface area contributed by atoms with Crippen molar-refractivity contribution in [1.29, 1.82) is 0 Å². The Morgan fingerprint density at radius 1 is 1.38 bits per heavy atom. The number of likely N-dealkylation sites (N-methyl/N-ethyl adjacent to an activating group) is 1. The SMILES string of the molecule is CCN(CC)CCN1C(N)=NCC1c1ncc(Br)cc1Br. The molecule has 2 N–H and O–H groups in total. The summed E-state index contributed by atoms with van der Waals surface area (Å²) >= 11 is 7.02. The van der Waals surface area contributed by atoms with E-state index in [1.54, 1.807) is 0 Å². The molecule has 2 heterocycles. The predicted octanol–water partition coefficient (Wildman–Crippen LogP) is 2.62. The minimum Gasteiger partial charge on any atom is -0.370 e.